The number of rotatable bonds is 4. The van der Waals surface area contributed by atoms with Gasteiger partial charge in [0.1, 0.15) is 16.4 Å². The molecule has 112 valence electrons. The van der Waals surface area contributed by atoms with Crippen molar-refractivity contribution >= 4 is 37.7 Å². The van der Waals surface area contributed by atoms with E-state index in [0.29, 0.717) is 4.47 Å². The molecule has 0 spiro atoms. The summed E-state index contributed by atoms with van der Waals surface area (Å²) in [4.78, 5) is 15.5. The molecule has 0 aliphatic rings. The molecule has 0 bridgehead atoms. The molecule has 0 aliphatic carbocycles. The average Bonchev–Trinajstić information content (AvgIpc) is 2.80. The van der Waals surface area contributed by atoms with E-state index in [1.54, 1.807) is 19.2 Å². The van der Waals surface area contributed by atoms with Crippen LogP contribution in [0.2, 0.25) is 0 Å². The van der Waals surface area contributed by atoms with Crippen LogP contribution in [0.3, 0.4) is 0 Å². The van der Waals surface area contributed by atoms with E-state index in [4.69, 9.17) is 0 Å². The first-order valence-corrected chi connectivity index (χ1v) is 8.14. The highest BCUT2D eigenvalue weighted by atomic mass is 79.9. The number of nitrogens with zero attached hydrogens (tertiary/aromatic N) is 2. The SMILES string of the molecule is CNC(=O)c1cc(S(=O)(=O)Nc2cc(Br)ccn2)cn1C. The van der Waals surface area contributed by atoms with Crippen LogP contribution in [0.1, 0.15) is 10.5 Å². The topological polar surface area (TPSA) is 93.1 Å². The molecule has 2 rings (SSSR count). The maximum Gasteiger partial charge on any atom is 0.267 e. The van der Waals surface area contributed by atoms with Gasteiger partial charge in [0.15, 0.2) is 0 Å². The van der Waals surface area contributed by atoms with E-state index in [1.165, 1.54) is 30.1 Å². The van der Waals surface area contributed by atoms with Crippen molar-refractivity contribution in [2.45, 2.75) is 4.90 Å². The molecule has 2 aromatic rings. The summed E-state index contributed by atoms with van der Waals surface area (Å²) in [7, 11) is -0.730. The third-order valence-corrected chi connectivity index (χ3v) is 4.53. The lowest BCUT2D eigenvalue weighted by atomic mass is 10.4. The zero-order valence-corrected chi connectivity index (χ0v) is 13.7. The molecule has 7 nitrogen and oxygen atoms in total. The molecule has 0 aromatic carbocycles. The van der Waals surface area contributed by atoms with Crippen LogP contribution in [-0.2, 0) is 17.1 Å². The van der Waals surface area contributed by atoms with Gasteiger partial charge in [0.2, 0.25) is 0 Å². The van der Waals surface area contributed by atoms with Gasteiger partial charge in [0.25, 0.3) is 15.9 Å². The van der Waals surface area contributed by atoms with Gasteiger partial charge in [-0.3, -0.25) is 9.52 Å². The summed E-state index contributed by atoms with van der Waals surface area (Å²) < 4.78 is 29.1. The van der Waals surface area contributed by atoms with E-state index in [0.717, 1.165) is 0 Å². The van der Waals surface area contributed by atoms with Gasteiger partial charge < -0.3 is 9.88 Å². The highest BCUT2D eigenvalue weighted by molar-refractivity contribution is 9.10. The first-order valence-electron chi connectivity index (χ1n) is 5.86. The summed E-state index contributed by atoms with van der Waals surface area (Å²) in [6, 6.07) is 4.53. The largest absolute Gasteiger partial charge is 0.354 e. The minimum absolute atomic E-state index is 0.00891. The average molecular weight is 373 g/mol. The molecule has 0 saturated heterocycles. The molecule has 0 unspecified atom stereocenters. The Balaban J connectivity index is 2.34. The second-order valence-electron chi connectivity index (χ2n) is 4.22. The third kappa shape index (κ3) is 3.42. The van der Waals surface area contributed by atoms with E-state index < -0.39 is 10.0 Å². The van der Waals surface area contributed by atoms with Crippen LogP contribution < -0.4 is 10.0 Å². The van der Waals surface area contributed by atoms with Crippen LogP contribution >= 0.6 is 15.9 Å². The quantitative estimate of drug-likeness (QED) is 0.846. The Hall–Kier alpha value is -1.87. The fraction of sp³-hybridized carbons (Fsp3) is 0.167. The summed E-state index contributed by atoms with van der Waals surface area (Å²) in [6.45, 7) is 0. The monoisotopic (exact) mass is 372 g/mol. The fourth-order valence-corrected chi connectivity index (χ4v) is 3.10. The van der Waals surface area contributed by atoms with Crippen LogP contribution in [-0.4, -0.2) is 30.9 Å². The summed E-state index contributed by atoms with van der Waals surface area (Å²) >= 11 is 3.24. The number of halogens is 1. The summed E-state index contributed by atoms with van der Waals surface area (Å²) in [5, 5.41) is 2.45. The second-order valence-corrected chi connectivity index (χ2v) is 6.81. The molecular formula is C12H13BrN4O3S. The minimum Gasteiger partial charge on any atom is -0.354 e. The molecule has 9 heteroatoms. The van der Waals surface area contributed by atoms with Gasteiger partial charge in [0, 0.05) is 31.0 Å². The summed E-state index contributed by atoms with van der Waals surface area (Å²) in [5.41, 5.74) is 0.250. The van der Waals surface area contributed by atoms with Crippen molar-refractivity contribution in [3.8, 4) is 0 Å². The Morgan fingerprint density at radius 1 is 1.38 bits per heavy atom. The smallest absolute Gasteiger partial charge is 0.267 e. The van der Waals surface area contributed by atoms with Crippen LogP contribution in [0.4, 0.5) is 5.82 Å². The number of aromatic nitrogens is 2. The number of nitrogens with one attached hydrogen (secondary N) is 2. The number of carbonyl (C=O) groups is 1. The molecule has 21 heavy (non-hydrogen) atoms. The van der Waals surface area contributed by atoms with Gasteiger partial charge in [-0.2, -0.15) is 0 Å². The Kier molecular flexibility index (Phi) is 4.33. The number of hydrogen-bond donors (Lipinski definition) is 2. The van der Waals surface area contributed by atoms with E-state index in [9.17, 15) is 13.2 Å². The zero-order chi connectivity index (χ0) is 15.6. The van der Waals surface area contributed by atoms with Gasteiger partial charge in [-0.25, -0.2) is 13.4 Å². The Morgan fingerprint density at radius 3 is 2.71 bits per heavy atom. The van der Waals surface area contributed by atoms with Gasteiger partial charge in [-0.05, 0) is 18.2 Å². The Morgan fingerprint density at radius 2 is 2.10 bits per heavy atom. The number of pyridine rings is 1. The molecule has 0 fully saturated rings. The first-order chi connectivity index (χ1) is 9.83. The van der Waals surface area contributed by atoms with Crippen LogP contribution in [0.25, 0.3) is 0 Å². The molecule has 0 atom stereocenters. The van der Waals surface area contributed by atoms with Crippen molar-refractivity contribution in [2.24, 2.45) is 7.05 Å². The lowest BCUT2D eigenvalue weighted by Crippen LogP contribution is -2.20. The van der Waals surface area contributed by atoms with Crippen molar-refractivity contribution < 1.29 is 13.2 Å². The normalized spacial score (nSPS) is 11.2. The lowest BCUT2D eigenvalue weighted by molar-refractivity contribution is 0.0955. The van der Waals surface area contributed by atoms with Gasteiger partial charge >= 0.3 is 0 Å². The van der Waals surface area contributed by atoms with Crippen LogP contribution in [0.15, 0.2) is 40.0 Å². The first kappa shape index (κ1) is 15.5. The molecule has 2 aromatic heterocycles. The van der Waals surface area contributed by atoms with Crippen molar-refractivity contribution in [2.75, 3.05) is 11.8 Å². The molecule has 0 saturated carbocycles. The second kappa shape index (κ2) is 5.86. The minimum atomic E-state index is -3.81. The number of amides is 1. The van der Waals surface area contributed by atoms with E-state index >= 15 is 0 Å². The van der Waals surface area contributed by atoms with Crippen LogP contribution in [0, 0.1) is 0 Å². The molecule has 0 aliphatic heterocycles. The fourth-order valence-electron chi connectivity index (χ4n) is 1.69. The van der Waals surface area contributed by atoms with Gasteiger partial charge in [0.05, 0.1) is 0 Å². The zero-order valence-electron chi connectivity index (χ0n) is 11.3. The highest BCUT2D eigenvalue weighted by Crippen LogP contribution is 2.19. The van der Waals surface area contributed by atoms with E-state index in [-0.39, 0.29) is 22.3 Å². The summed E-state index contributed by atoms with van der Waals surface area (Å²) in [6.07, 6.45) is 2.84. The Bertz CT molecular complexity index is 786. The van der Waals surface area contributed by atoms with Gasteiger partial charge in [-0.1, -0.05) is 15.9 Å². The number of hydrogen-bond acceptors (Lipinski definition) is 4. The third-order valence-electron chi connectivity index (χ3n) is 2.71. The maximum absolute atomic E-state index is 12.3. The molecule has 2 heterocycles. The van der Waals surface area contributed by atoms with Gasteiger partial charge in [-0.15, -0.1) is 0 Å². The predicted molar refractivity (Wildman–Crippen MR) is 81.5 cm³/mol. The van der Waals surface area contributed by atoms with Crippen molar-refractivity contribution in [3.05, 3.63) is 40.8 Å². The molecule has 2 N–H and O–H groups in total. The van der Waals surface area contributed by atoms with Crippen molar-refractivity contribution in [1.82, 2.24) is 14.9 Å². The standard InChI is InChI=1S/C12H13BrN4O3S/c1-14-12(18)10-6-9(7-17(10)2)21(19,20)16-11-5-8(13)3-4-15-11/h3-7H,1-2H3,(H,14,18)(H,15,16). The Labute approximate surface area is 130 Å². The highest BCUT2D eigenvalue weighted by Gasteiger charge is 2.20. The number of sulfonamides is 1. The molecular weight excluding hydrogens is 360 g/mol. The predicted octanol–water partition coefficient (Wildman–Crippen LogP) is 1.34. The van der Waals surface area contributed by atoms with Crippen molar-refractivity contribution in [1.29, 1.82) is 0 Å². The van der Waals surface area contributed by atoms with E-state index in [1.807, 2.05) is 0 Å². The number of anilines is 1. The van der Waals surface area contributed by atoms with E-state index in [2.05, 4.69) is 31.0 Å². The molecule has 0 radical (unpaired) electrons. The lowest BCUT2D eigenvalue weighted by Gasteiger charge is -2.05. The van der Waals surface area contributed by atoms with Crippen molar-refractivity contribution in [3.63, 3.8) is 0 Å². The van der Waals surface area contributed by atoms with Crippen LogP contribution in [0.5, 0.6) is 0 Å². The maximum atomic E-state index is 12.3. The summed E-state index contributed by atoms with van der Waals surface area (Å²) in [5.74, 6) is -0.172. The molecule has 1 amide bonds. The number of carbonyl (C=O) groups excluding carboxylic acids is 1. The number of aryl methyl sites for hydroxylation is 1.